The molecule has 5 rings (SSSR count). The Bertz CT molecular complexity index is 997. The third-order valence-corrected chi connectivity index (χ3v) is 9.69. The number of nitriles is 1. The Morgan fingerprint density at radius 2 is 1.71 bits per heavy atom. The Morgan fingerprint density at radius 3 is 2.34 bits per heavy atom. The van der Waals surface area contributed by atoms with Crippen molar-refractivity contribution in [2.75, 3.05) is 32.7 Å². The maximum atomic E-state index is 13.2. The van der Waals surface area contributed by atoms with Crippen LogP contribution in [0.15, 0.2) is 24.3 Å². The van der Waals surface area contributed by atoms with Gasteiger partial charge in [-0.3, -0.25) is 9.69 Å². The normalized spacial score (nSPS) is 24.9. The predicted molar refractivity (Wildman–Crippen MR) is 147 cm³/mol. The van der Waals surface area contributed by atoms with E-state index in [2.05, 4.69) is 22.8 Å². The first-order chi connectivity index (χ1) is 18.5. The molecule has 1 aliphatic carbocycles. The molecule has 1 aromatic carbocycles. The molecule has 3 aliphatic heterocycles. The first-order valence-electron chi connectivity index (χ1n) is 15.1. The van der Waals surface area contributed by atoms with Crippen LogP contribution in [-0.2, 0) is 4.74 Å². The van der Waals surface area contributed by atoms with Crippen molar-refractivity contribution < 1.29 is 14.3 Å². The Balaban J connectivity index is 1.16. The first-order valence-corrected chi connectivity index (χ1v) is 15.1. The van der Waals surface area contributed by atoms with Crippen molar-refractivity contribution in [1.29, 1.82) is 5.26 Å². The summed E-state index contributed by atoms with van der Waals surface area (Å²) in [5, 5.41) is 9.00. The lowest BCUT2D eigenvalue weighted by Crippen LogP contribution is -2.56. The lowest BCUT2D eigenvalue weighted by atomic mass is 9.80. The van der Waals surface area contributed by atoms with Gasteiger partial charge in [0.2, 0.25) is 0 Å². The lowest BCUT2D eigenvalue weighted by molar-refractivity contribution is -0.0385. The van der Waals surface area contributed by atoms with Crippen LogP contribution in [0, 0.1) is 17.2 Å². The van der Waals surface area contributed by atoms with E-state index in [1.165, 1.54) is 32.1 Å². The van der Waals surface area contributed by atoms with Gasteiger partial charge < -0.3 is 14.5 Å². The van der Waals surface area contributed by atoms with E-state index in [1.54, 1.807) is 24.3 Å². The van der Waals surface area contributed by atoms with Crippen LogP contribution in [0.2, 0.25) is 0 Å². The highest BCUT2D eigenvalue weighted by atomic mass is 16.6. The molecule has 4 aliphatic rings. The first kappa shape index (κ1) is 27.0. The summed E-state index contributed by atoms with van der Waals surface area (Å²) in [6.07, 6.45) is 13.5. The van der Waals surface area contributed by atoms with Gasteiger partial charge in [0.05, 0.1) is 17.7 Å². The molecule has 0 N–H and O–H groups in total. The van der Waals surface area contributed by atoms with E-state index in [9.17, 15) is 9.59 Å². The molecule has 7 heteroatoms. The fourth-order valence-corrected chi connectivity index (χ4v) is 7.38. The van der Waals surface area contributed by atoms with Crippen molar-refractivity contribution in [3.8, 4) is 6.07 Å². The molecule has 38 heavy (non-hydrogen) atoms. The van der Waals surface area contributed by atoms with E-state index in [1.807, 2.05) is 4.90 Å². The second-order valence-electron chi connectivity index (χ2n) is 12.0. The molecule has 2 amide bonds. The summed E-state index contributed by atoms with van der Waals surface area (Å²) in [6.45, 7) is 6.55. The molecule has 3 saturated heterocycles. The molecule has 1 atom stereocenters. The van der Waals surface area contributed by atoms with Gasteiger partial charge in [-0.05, 0) is 62.3 Å². The molecule has 1 spiro atoms. The fourth-order valence-electron chi connectivity index (χ4n) is 7.38. The molecule has 1 saturated carbocycles. The zero-order valence-electron chi connectivity index (χ0n) is 23.1. The largest absolute Gasteiger partial charge is 0.440 e. The van der Waals surface area contributed by atoms with E-state index in [-0.39, 0.29) is 23.6 Å². The van der Waals surface area contributed by atoms with E-state index >= 15 is 0 Å². The topological polar surface area (TPSA) is 76.9 Å². The molecule has 3 heterocycles. The molecular formula is C31H44N4O3. The quantitative estimate of drug-likeness (QED) is 0.468. The van der Waals surface area contributed by atoms with E-state index in [0.717, 1.165) is 77.7 Å². The molecule has 206 valence electrons. The summed E-state index contributed by atoms with van der Waals surface area (Å²) < 4.78 is 6.29. The zero-order chi connectivity index (χ0) is 26.5. The Morgan fingerprint density at radius 1 is 1.03 bits per heavy atom. The van der Waals surface area contributed by atoms with Crippen molar-refractivity contribution in [3.63, 3.8) is 0 Å². The third kappa shape index (κ3) is 5.71. The van der Waals surface area contributed by atoms with Gasteiger partial charge in [-0.2, -0.15) is 5.26 Å². The second-order valence-corrected chi connectivity index (χ2v) is 12.0. The minimum absolute atomic E-state index is 0.0558. The standard InChI is InChI=1S/C31H44N4O3/c1-2-3-9-28-31(38-30(37)35(28)23-25-7-5-4-6-8-25)16-20-33(21-17-31)27-14-18-34(19-15-27)29(36)26-12-10-24(22-32)11-13-26/h10-13,25,27-28H,2-9,14-21,23H2,1H3. The SMILES string of the molecule is CCCCC1N(CC2CCCCC2)C(=O)OC12CCN(C1CCN(C(=O)c3ccc(C#N)cc3)CC1)CC2. The molecule has 0 bridgehead atoms. The van der Waals surface area contributed by atoms with Crippen LogP contribution in [0.5, 0.6) is 0 Å². The van der Waals surface area contributed by atoms with Crippen molar-refractivity contribution in [2.45, 2.75) is 102 Å². The number of ether oxygens (including phenoxy) is 1. The average Bonchev–Trinajstić information content (AvgIpc) is 3.21. The van der Waals surface area contributed by atoms with Crippen LogP contribution in [0.4, 0.5) is 4.79 Å². The van der Waals surface area contributed by atoms with Gasteiger partial charge >= 0.3 is 6.09 Å². The second kappa shape index (κ2) is 12.1. The molecule has 0 aromatic heterocycles. The van der Waals surface area contributed by atoms with Crippen molar-refractivity contribution in [1.82, 2.24) is 14.7 Å². The van der Waals surface area contributed by atoms with Gasteiger partial charge in [0.25, 0.3) is 5.91 Å². The Hall–Kier alpha value is -2.59. The van der Waals surface area contributed by atoms with Crippen LogP contribution in [0.25, 0.3) is 0 Å². The third-order valence-electron chi connectivity index (χ3n) is 9.69. The van der Waals surface area contributed by atoms with Crippen LogP contribution < -0.4 is 0 Å². The number of nitrogens with zero attached hydrogens (tertiary/aromatic N) is 4. The van der Waals surface area contributed by atoms with Crippen molar-refractivity contribution in [3.05, 3.63) is 35.4 Å². The van der Waals surface area contributed by atoms with Crippen LogP contribution in [0.1, 0.15) is 99.9 Å². The summed E-state index contributed by atoms with van der Waals surface area (Å²) in [5.41, 5.74) is 0.898. The van der Waals surface area contributed by atoms with Crippen LogP contribution >= 0.6 is 0 Å². The number of likely N-dealkylation sites (tertiary alicyclic amines) is 2. The molecule has 7 nitrogen and oxygen atoms in total. The van der Waals surface area contributed by atoms with Gasteiger partial charge in [-0.15, -0.1) is 0 Å². The lowest BCUT2D eigenvalue weighted by Gasteiger charge is -2.46. The summed E-state index contributed by atoms with van der Waals surface area (Å²) in [6, 6.07) is 9.73. The average molecular weight is 521 g/mol. The maximum absolute atomic E-state index is 13.2. The summed E-state index contributed by atoms with van der Waals surface area (Å²) in [5.74, 6) is 0.688. The maximum Gasteiger partial charge on any atom is 0.410 e. The number of unbranched alkanes of at least 4 members (excludes halogenated alkanes) is 1. The highest BCUT2D eigenvalue weighted by Crippen LogP contribution is 2.42. The Labute approximate surface area is 228 Å². The number of hydrogen-bond donors (Lipinski definition) is 0. The van der Waals surface area contributed by atoms with Gasteiger partial charge in [0.15, 0.2) is 0 Å². The molecule has 1 unspecified atom stereocenters. The summed E-state index contributed by atoms with van der Waals surface area (Å²) in [7, 11) is 0. The highest BCUT2D eigenvalue weighted by molar-refractivity contribution is 5.94. The minimum atomic E-state index is -0.330. The summed E-state index contributed by atoms with van der Waals surface area (Å²) >= 11 is 0. The smallest absolute Gasteiger partial charge is 0.410 e. The zero-order valence-corrected chi connectivity index (χ0v) is 23.1. The van der Waals surface area contributed by atoms with Gasteiger partial charge in [0.1, 0.15) is 5.60 Å². The molecule has 4 fully saturated rings. The number of carbonyl (C=O) groups excluding carboxylic acids is 2. The number of piperidine rings is 2. The Kier molecular flexibility index (Phi) is 8.57. The monoisotopic (exact) mass is 520 g/mol. The van der Waals surface area contributed by atoms with E-state index < -0.39 is 0 Å². The van der Waals surface area contributed by atoms with E-state index in [4.69, 9.17) is 10.00 Å². The fraction of sp³-hybridized carbons (Fsp3) is 0.710. The number of amides is 2. The minimum Gasteiger partial charge on any atom is -0.440 e. The van der Waals surface area contributed by atoms with Gasteiger partial charge in [-0.1, -0.05) is 39.0 Å². The molecule has 0 radical (unpaired) electrons. The molecular weight excluding hydrogens is 476 g/mol. The van der Waals surface area contributed by atoms with Crippen molar-refractivity contribution in [2.24, 2.45) is 5.92 Å². The van der Waals surface area contributed by atoms with Gasteiger partial charge in [0, 0.05) is 57.2 Å². The van der Waals surface area contributed by atoms with Crippen molar-refractivity contribution >= 4 is 12.0 Å². The number of carbonyl (C=O) groups is 2. The number of benzene rings is 1. The number of rotatable bonds is 7. The van der Waals surface area contributed by atoms with Crippen LogP contribution in [-0.4, -0.2) is 77.1 Å². The van der Waals surface area contributed by atoms with Gasteiger partial charge in [-0.25, -0.2) is 4.79 Å². The number of hydrogen-bond acceptors (Lipinski definition) is 5. The predicted octanol–water partition coefficient (Wildman–Crippen LogP) is 5.59. The molecule has 1 aromatic rings. The summed E-state index contributed by atoms with van der Waals surface area (Å²) in [4.78, 5) is 32.8. The van der Waals surface area contributed by atoms with Crippen LogP contribution in [0.3, 0.4) is 0 Å². The highest BCUT2D eigenvalue weighted by Gasteiger charge is 2.55. The van der Waals surface area contributed by atoms with E-state index in [0.29, 0.717) is 23.1 Å².